The Hall–Kier alpha value is -1.88. The molecule has 114 valence electrons. The summed E-state index contributed by atoms with van der Waals surface area (Å²) in [5, 5.41) is 5.56. The first-order valence-corrected chi connectivity index (χ1v) is 7.37. The van der Waals surface area contributed by atoms with Gasteiger partial charge in [-0.15, -0.1) is 0 Å². The van der Waals surface area contributed by atoms with Crippen LogP contribution in [0.4, 0.5) is 11.4 Å². The van der Waals surface area contributed by atoms with Crippen LogP contribution in [-0.4, -0.2) is 17.4 Å². The van der Waals surface area contributed by atoms with Gasteiger partial charge in [0.25, 0.3) is 0 Å². The molecule has 1 aromatic carbocycles. The maximum atomic E-state index is 12.4. The lowest BCUT2D eigenvalue weighted by atomic mass is 9.76. The fourth-order valence-corrected chi connectivity index (χ4v) is 2.93. The molecule has 5 nitrogen and oxygen atoms in total. The van der Waals surface area contributed by atoms with Gasteiger partial charge in [0.05, 0.1) is 5.54 Å². The first-order valence-electron chi connectivity index (χ1n) is 7.37. The van der Waals surface area contributed by atoms with Crippen LogP contribution in [-0.2, 0) is 9.59 Å². The highest BCUT2D eigenvalue weighted by Crippen LogP contribution is 2.31. The molecule has 2 atom stereocenters. The minimum Gasteiger partial charge on any atom is -0.326 e. The predicted octanol–water partition coefficient (Wildman–Crippen LogP) is 2.49. The summed E-state index contributed by atoms with van der Waals surface area (Å²) >= 11 is 0. The maximum Gasteiger partial charge on any atom is 0.244 e. The second-order valence-corrected chi connectivity index (χ2v) is 6.07. The fourth-order valence-electron chi connectivity index (χ4n) is 2.93. The van der Waals surface area contributed by atoms with E-state index in [-0.39, 0.29) is 11.8 Å². The van der Waals surface area contributed by atoms with Crippen molar-refractivity contribution in [2.45, 2.75) is 45.1 Å². The molecule has 1 aromatic rings. The summed E-state index contributed by atoms with van der Waals surface area (Å²) in [6.07, 6.45) is 3.54. The molecule has 4 N–H and O–H groups in total. The monoisotopic (exact) mass is 289 g/mol. The van der Waals surface area contributed by atoms with Crippen LogP contribution in [0.3, 0.4) is 0 Å². The lowest BCUT2D eigenvalue weighted by Gasteiger charge is -2.35. The maximum absolute atomic E-state index is 12.4. The Bertz CT molecular complexity index is 544. The van der Waals surface area contributed by atoms with Gasteiger partial charge in [-0.3, -0.25) is 9.59 Å². The van der Waals surface area contributed by atoms with Gasteiger partial charge in [0.1, 0.15) is 0 Å². The Morgan fingerprint density at radius 3 is 2.57 bits per heavy atom. The first kappa shape index (κ1) is 15.5. The molecule has 1 aliphatic rings. The number of carbonyl (C=O) groups is 2. The Morgan fingerprint density at radius 1 is 1.29 bits per heavy atom. The van der Waals surface area contributed by atoms with Crippen LogP contribution in [0.1, 0.15) is 39.5 Å². The molecular formula is C16H23N3O2. The van der Waals surface area contributed by atoms with Gasteiger partial charge in [-0.25, -0.2) is 0 Å². The van der Waals surface area contributed by atoms with Crippen LogP contribution < -0.4 is 16.4 Å². The molecule has 2 rings (SSSR count). The Kier molecular flexibility index (Phi) is 4.63. The Labute approximate surface area is 125 Å². The van der Waals surface area contributed by atoms with Gasteiger partial charge in [-0.2, -0.15) is 0 Å². The number of rotatable bonds is 3. The van der Waals surface area contributed by atoms with Crippen molar-refractivity contribution in [2.24, 2.45) is 11.7 Å². The Morgan fingerprint density at radius 2 is 1.95 bits per heavy atom. The number of amides is 2. The number of anilines is 2. The molecule has 0 spiro atoms. The van der Waals surface area contributed by atoms with Gasteiger partial charge in [0.15, 0.2) is 0 Å². The smallest absolute Gasteiger partial charge is 0.244 e. The average Bonchev–Trinajstić information content (AvgIpc) is 2.38. The zero-order valence-electron chi connectivity index (χ0n) is 12.6. The van der Waals surface area contributed by atoms with E-state index in [9.17, 15) is 9.59 Å². The molecule has 1 fully saturated rings. The number of hydrogen-bond acceptors (Lipinski definition) is 3. The normalized spacial score (nSPS) is 25.2. The van der Waals surface area contributed by atoms with Crippen molar-refractivity contribution in [1.82, 2.24) is 0 Å². The number of benzene rings is 1. The van der Waals surface area contributed by atoms with Crippen LogP contribution in [0.25, 0.3) is 0 Å². The topological polar surface area (TPSA) is 84.2 Å². The van der Waals surface area contributed by atoms with Crippen molar-refractivity contribution in [1.29, 1.82) is 0 Å². The van der Waals surface area contributed by atoms with Crippen molar-refractivity contribution in [3.05, 3.63) is 24.3 Å². The van der Waals surface area contributed by atoms with E-state index in [0.717, 1.165) is 12.8 Å². The summed E-state index contributed by atoms with van der Waals surface area (Å²) in [6.45, 7) is 3.58. The van der Waals surface area contributed by atoms with Crippen molar-refractivity contribution in [3.63, 3.8) is 0 Å². The second-order valence-electron chi connectivity index (χ2n) is 6.07. The van der Waals surface area contributed by atoms with E-state index in [1.54, 1.807) is 24.3 Å². The third kappa shape index (κ3) is 4.04. The zero-order valence-corrected chi connectivity index (χ0v) is 12.6. The van der Waals surface area contributed by atoms with Crippen LogP contribution in [0, 0.1) is 5.92 Å². The number of nitrogens with one attached hydrogen (secondary N) is 2. The van der Waals surface area contributed by atoms with E-state index in [1.165, 1.54) is 6.92 Å². The van der Waals surface area contributed by atoms with Crippen LogP contribution in [0.2, 0.25) is 0 Å². The summed E-state index contributed by atoms with van der Waals surface area (Å²) < 4.78 is 0. The quantitative estimate of drug-likeness (QED) is 0.799. The van der Waals surface area contributed by atoms with Gasteiger partial charge in [0, 0.05) is 18.3 Å². The second kappa shape index (κ2) is 6.26. The molecule has 2 unspecified atom stereocenters. The van der Waals surface area contributed by atoms with Crippen molar-refractivity contribution in [2.75, 3.05) is 10.6 Å². The third-order valence-electron chi connectivity index (χ3n) is 3.93. The van der Waals surface area contributed by atoms with Gasteiger partial charge in [-0.1, -0.05) is 25.8 Å². The molecule has 0 bridgehead atoms. The van der Waals surface area contributed by atoms with E-state index in [0.29, 0.717) is 30.1 Å². The average molecular weight is 289 g/mol. The summed E-state index contributed by atoms with van der Waals surface area (Å²) in [4.78, 5) is 23.5. The van der Waals surface area contributed by atoms with E-state index < -0.39 is 5.54 Å². The number of hydrogen-bond donors (Lipinski definition) is 3. The fraction of sp³-hybridized carbons (Fsp3) is 0.500. The van der Waals surface area contributed by atoms with Crippen molar-refractivity contribution in [3.8, 4) is 0 Å². The summed E-state index contributed by atoms with van der Waals surface area (Å²) in [6, 6.07) is 7.08. The molecule has 1 aliphatic carbocycles. The molecule has 0 aliphatic heterocycles. The van der Waals surface area contributed by atoms with Crippen molar-refractivity contribution < 1.29 is 9.59 Å². The van der Waals surface area contributed by atoms with E-state index in [1.807, 2.05) is 0 Å². The molecule has 21 heavy (non-hydrogen) atoms. The lowest BCUT2D eigenvalue weighted by Crippen LogP contribution is -2.53. The number of nitrogens with two attached hydrogens (primary N) is 1. The SMILES string of the molecule is CC(=O)Nc1cccc(NC(=O)C2(N)CCCC(C)C2)c1. The van der Waals surface area contributed by atoms with Crippen molar-refractivity contribution >= 4 is 23.2 Å². The zero-order chi connectivity index (χ0) is 15.5. The molecule has 0 heterocycles. The van der Waals surface area contributed by atoms with Gasteiger partial charge < -0.3 is 16.4 Å². The van der Waals surface area contributed by atoms with Gasteiger partial charge in [0.2, 0.25) is 11.8 Å². The van der Waals surface area contributed by atoms with Gasteiger partial charge >= 0.3 is 0 Å². The molecular weight excluding hydrogens is 266 g/mol. The molecule has 5 heteroatoms. The highest BCUT2D eigenvalue weighted by Gasteiger charge is 2.37. The molecule has 0 radical (unpaired) electrons. The standard InChI is InChI=1S/C16H23N3O2/c1-11-5-4-8-16(17,10-11)15(21)19-14-7-3-6-13(9-14)18-12(2)20/h3,6-7,9,11H,4-5,8,10,17H2,1-2H3,(H,18,20)(H,19,21). The van der Waals surface area contributed by atoms with Crippen LogP contribution in [0.5, 0.6) is 0 Å². The molecule has 2 amide bonds. The lowest BCUT2D eigenvalue weighted by molar-refractivity contribution is -0.122. The third-order valence-corrected chi connectivity index (χ3v) is 3.93. The first-order chi connectivity index (χ1) is 9.89. The number of carbonyl (C=O) groups excluding carboxylic acids is 2. The van der Waals surface area contributed by atoms with Crippen LogP contribution in [0.15, 0.2) is 24.3 Å². The van der Waals surface area contributed by atoms with E-state index >= 15 is 0 Å². The highest BCUT2D eigenvalue weighted by molar-refractivity contribution is 5.98. The van der Waals surface area contributed by atoms with Crippen LogP contribution >= 0.6 is 0 Å². The minimum atomic E-state index is -0.790. The van der Waals surface area contributed by atoms with E-state index in [2.05, 4.69) is 17.6 Å². The molecule has 1 saturated carbocycles. The summed E-state index contributed by atoms with van der Waals surface area (Å²) in [5.41, 5.74) is 6.79. The van der Waals surface area contributed by atoms with Gasteiger partial charge in [-0.05, 0) is 37.0 Å². The summed E-state index contributed by atoms with van der Waals surface area (Å²) in [7, 11) is 0. The largest absolute Gasteiger partial charge is 0.326 e. The minimum absolute atomic E-state index is 0.144. The molecule has 0 saturated heterocycles. The Balaban J connectivity index is 2.07. The van der Waals surface area contributed by atoms with E-state index in [4.69, 9.17) is 5.73 Å². The predicted molar refractivity (Wildman–Crippen MR) is 83.9 cm³/mol. The summed E-state index contributed by atoms with van der Waals surface area (Å²) in [5.74, 6) is 0.184. The highest BCUT2D eigenvalue weighted by atomic mass is 16.2. The molecule has 0 aromatic heterocycles.